The van der Waals surface area contributed by atoms with E-state index < -0.39 is 0 Å². The number of thioether (sulfide) groups is 1. The summed E-state index contributed by atoms with van der Waals surface area (Å²) >= 11 is 1.26. The topological polar surface area (TPSA) is 96.7 Å². The van der Waals surface area contributed by atoms with Crippen LogP contribution in [0, 0.1) is 0 Å². The number of hydrogen-bond acceptors (Lipinski definition) is 5. The van der Waals surface area contributed by atoms with Gasteiger partial charge >= 0.3 is 0 Å². The molecule has 0 bridgehead atoms. The summed E-state index contributed by atoms with van der Waals surface area (Å²) in [5.74, 6) is 0.585. The van der Waals surface area contributed by atoms with E-state index in [0.717, 1.165) is 19.4 Å². The average Bonchev–Trinajstić information content (AvgIpc) is 2.62. The fourth-order valence-electron chi connectivity index (χ4n) is 0.908. The SMILES string of the molecule is CCCCNC(=O)CSc1n[nH]c(N)n1. The number of nitrogens with one attached hydrogen (secondary N) is 2. The lowest BCUT2D eigenvalue weighted by molar-refractivity contribution is -0.118. The number of carbonyl (C=O) groups is 1. The molecule has 4 N–H and O–H groups in total. The lowest BCUT2D eigenvalue weighted by atomic mass is 10.3. The monoisotopic (exact) mass is 229 g/mol. The molecule has 0 unspecified atom stereocenters. The van der Waals surface area contributed by atoms with Crippen LogP contribution in [0.15, 0.2) is 5.16 Å². The number of nitrogens with zero attached hydrogens (tertiary/aromatic N) is 2. The first-order valence-electron chi connectivity index (χ1n) is 4.79. The van der Waals surface area contributed by atoms with Crippen molar-refractivity contribution in [2.24, 2.45) is 0 Å². The number of aromatic amines is 1. The van der Waals surface area contributed by atoms with Gasteiger partial charge in [0.1, 0.15) is 0 Å². The van der Waals surface area contributed by atoms with Crippen molar-refractivity contribution in [3.05, 3.63) is 0 Å². The first-order chi connectivity index (χ1) is 7.22. The maximum atomic E-state index is 11.3. The molecule has 0 saturated carbocycles. The summed E-state index contributed by atoms with van der Waals surface area (Å²) in [5, 5.41) is 9.62. The van der Waals surface area contributed by atoms with Gasteiger partial charge in [0.05, 0.1) is 5.75 Å². The van der Waals surface area contributed by atoms with Crippen LogP contribution in [0.25, 0.3) is 0 Å². The number of rotatable bonds is 6. The summed E-state index contributed by atoms with van der Waals surface area (Å²) in [6.45, 7) is 2.81. The van der Waals surface area contributed by atoms with E-state index in [1.165, 1.54) is 11.8 Å². The molecule has 0 spiro atoms. The number of unbranched alkanes of at least 4 members (excludes halogenated alkanes) is 1. The summed E-state index contributed by atoms with van der Waals surface area (Å²) in [6, 6.07) is 0. The number of nitrogen functional groups attached to an aromatic ring is 1. The molecule has 0 atom stereocenters. The molecular weight excluding hydrogens is 214 g/mol. The van der Waals surface area contributed by atoms with Crippen molar-refractivity contribution in [2.45, 2.75) is 24.9 Å². The number of aromatic nitrogens is 3. The van der Waals surface area contributed by atoms with E-state index >= 15 is 0 Å². The standard InChI is InChI=1S/C8H15N5OS/c1-2-3-4-10-6(14)5-15-8-11-7(9)12-13-8/h2-5H2,1H3,(H,10,14)(H3,9,11,12,13). The minimum atomic E-state index is -0.00294. The van der Waals surface area contributed by atoms with E-state index in [0.29, 0.717) is 10.9 Å². The minimum absolute atomic E-state index is 0.00294. The lowest BCUT2D eigenvalue weighted by Gasteiger charge is -2.01. The highest BCUT2D eigenvalue weighted by Crippen LogP contribution is 2.11. The predicted molar refractivity (Wildman–Crippen MR) is 59.4 cm³/mol. The van der Waals surface area contributed by atoms with Crippen LogP contribution in [0.2, 0.25) is 0 Å². The highest BCUT2D eigenvalue weighted by atomic mass is 32.2. The molecule has 84 valence electrons. The second kappa shape index (κ2) is 6.28. The molecule has 1 aromatic heterocycles. The van der Waals surface area contributed by atoms with Crippen molar-refractivity contribution < 1.29 is 4.79 Å². The Morgan fingerprint density at radius 1 is 1.67 bits per heavy atom. The van der Waals surface area contributed by atoms with Crippen LogP contribution in [0.5, 0.6) is 0 Å². The molecule has 0 aromatic carbocycles. The number of hydrogen-bond donors (Lipinski definition) is 3. The smallest absolute Gasteiger partial charge is 0.230 e. The van der Waals surface area contributed by atoms with Gasteiger partial charge in [-0.2, -0.15) is 4.98 Å². The molecule has 1 aromatic rings. The molecule has 0 radical (unpaired) electrons. The van der Waals surface area contributed by atoms with Crippen molar-refractivity contribution in [3.8, 4) is 0 Å². The molecule has 0 aliphatic rings. The summed E-state index contributed by atoms with van der Waals surface area (Å²) in [4.78, 5) is 15.1. The zero-order valence-corrected chi connectivity index (χ0v) is 9.43. The van der Waals surface area contributed by atoms with Crippen molar-refractivity contribution in [1.82, 2.24) is 20.5 Å². The van der Waals surface area contributed by atoms with Gasteiger partial charge in [0.25, 0.3) is 0 Å². The lowest BCUT2D eigenvalue weighted by Crippen LogP contribution is -2.26. The van der Waals surface area contributed by atoms with Gasteiger partial charge in [0.2, 0.25) is 17.0 Å². The maximum Gasteiger partial charge on any atom is 0.230 e. The third-order valence-electron chi connectivity index (χ3n) is 1.67. The number of carbonyl (C=O) groups excluding carboxylic acids is 1. The molecule has 0 saturated heterocycles. The van der Waals surface area contributed by atoms with Gasteiger partial charge in [0.15, 0.2) is 0 Å². The Morgan fingerprint density at radius 3 is 3.07 bits per heavy atom. The van der Waals surface area contributed by atoms with Crippen LogP contribution in [-0.2, 0) is 4.79 Å². The van der Waals surface area contributed by atoms with Crippen LogP contribution >= 0.6 is 11.8 Å². The fraction of sp³-hybridized carbons (Fsp3) is 0.625. The van der Waals surface area contributed by atoms with Gasteiger partial charge in [-0.25, -0.2) is 5.10 Å². The molecule has 7 heteroatoms. The first kappa shape index (κ1) is 11.8. The molecule has 6 nitrogen and oxygen atoms in total. The van der Waals surface area contributed by atoms with Gasteiger partial charge in [-0.05, 0) is 6.42 Å². The normalized spacial score (nSPS) is 10.2. The largest absolute Gasteiger partial charge is 0.368 e. The Kier molecular flexibility index (Phi) is 4.96. The highest BCUT2D eigenvalue weighted by Gasteiger charge is 2.05. The average molecular weight is 229 g/mol. The number of H-pyrrole nitrogens is 1. The fourth-order valence-corrected chi connectivity index (χ4v) is 1.54. The van der Waals surface area contributed by atoms with Crippen molar-refractivity contribution >= 4 is 23.6 Å². The molecule has 0 fully saturated rings. The second-order valence-electron chi connectivity index (χ2n) is 3.00. The van der Waals surface area contributed by atoms with Crippen LogP contribution in [0.4, 0.5) is 5.95 Å². The predicted octanol–water partition coefficient (Wildman–Crippen LogP) is 0.395. The summed E-state index contributed by atoms with van der Waals surface area (Å²) in [6.07, 6.45) is 2.08. The molecule has 15 heavy (non-hydrogen) atoms. The Labute approximate surface area is 92.4 Å². The Hall–Kier alpha value is -1.24. The van der Waals surface area contributed by atoms with Gasteiger partial charge < -0.3 is 11.1 Å². The molecule has 1 heterocycles. The Balaban J connectivity index is 2.16. The minimum Gasteiger partial charge on any atom is -0.368 e. The van der Waals surface area contributed by atoms with Gasteiger partial charge in [-0.3, -0.25) is 4.79 Å². The molecule has 1 amide bonds. The van der Waals surface area contributed by atoms with Crippen molar-refractivity contribution in [1.29, 1.82) is 0 Å². The maximum absolute atomic E-state index is 11.3. The Bertz CT molecular complexity index is 314. The third kappa shape index (κ3) is 4.68. The van der Waals surface area contributed by atoms with Gasteiger partial charge in [0, 0.05) is 6.54 Å². The number of nitrogens with two attached hydrogens (primary N) is 1. The zero-order chi connectivity index (χ0) is 11.1. The van der Waals surface area contributed by atoms with Gasteiger partial charge in [-0.1, -0.05) is 25.1 Å². The quantitative estimate of drug-likeness (QED) is 0.484. The molecular formula is C8H15N5OS. The van der Waals surface area contributed by atoms with E-state index in [2.05, 4.69) is 27.4 Å². The molecule has 1 rings (SSSR count). The van der Waals surface area contributed by atoms with Crippen molar-refractivity contribution in [3.63, 3.8) is 0 Å². The van der Waals surface area contributed by atoms with Gasteiger partial charge in [-0.15, -0.1) is 5.10 Å². The van der Waals surface area contributed by atoms with E-state index in [4.69, 9.17) is 5.73 Å². The summed E-state index contributed by atoms with van der Waals surface area (Å²) < 4.78 is 0. The summed E-state index contributed by atoms with van der Waals surface area (Å²) in [5.41, 5.74) is 5.34. The summed E-state index contributed by atoms with van der Waals surface area (Å²) in [7, 11) is 0. The number of anilines is 1. The number of amides is 1. The highest BCUT2D eigenvalue weighted by molar-refractivity contribution is 7.99. The van der Waals surface area contributed by atoms with Crippen LogP contribution in [-0.4, -0.2) is 33.4 Å². The van der Waals surface area contributed by atoms with E-state index in [9.17, 15) is 4.79 Å². The van der Waals surface area contributed by atoms with Crippen LogP contribution in [0.3, 0.4) is 0 Å². The second-order valence-corrected chi connectivity index (χ2v) is 3.94. The van der Waals surface area contributed by atoms with E-state index in [1.807, 2.05) is 0 Å². The Morgan fingerprint density at radius 2 is 2.47 bits per heavy atom. The first-order valence-corrected chi connectivity index (χ1v) is 5.78. The van der Waals surface area contributed by atoms with Crippen molar-refractivity contribution in [2.75, 3.05) is 18.0 Å². The zero-order valence-electron chi connectivity index (χ0n) is 8.62. The van der Waals surface area contributed by atoms with Crippen LogP contribution in [0.1, 0.15) is 19.8 Å². The molecule has 0 aliphatic carbocycles. The third-order valence-corrected chi connectivity index (χ3v) is 2.51. The van der Waals surface area contributed by atoms with E-state index in [-0.39, 0.29) is 11.9 Å². The van der Waals surface area contributed by atoms with E-state index in [1.54, 1.807) is 0 Å². The van der Waals surface area contributed by atoms with Crippen LogP contribution < -0.4 is 11.1 Å². The molecule has 0 aliphatic heterocycles.